The van der Waals surface area contributed by atoms with Gasteiger partial charge in [0.2, 0.25) is 0 Å². The topological polar surface area (TPSA) is 98.3 Å². The van der Waals surface area contributed by atoms with Crippen LogP contribution in [0.25, 0.3) is 11.0 Å². The molecular formula is C20H26N2O5. The lowest BCUT2D eigenvalue weighted by Gasteiger charge is -2.15. The average Bonchev–Trinajstić information content (AvgIpc) is 2.65. The summed E-state index contributed by atoms with van der Waals surface area (Å²) < 4.78 is 10.0. The highest BCUT2D eigenvalue weighted by Gasteiger charge is 2.26. The van der Waals surface area contributed by atoms with Crippen LogP contribution in [0.5, 0.6) is 0 Å². The zero-order valence-electron chi connectivity index (χ0n) is 15.8. The predicted octanol–water partition coefficient (Wildman–Crippen LogP) is 3.08. The van der Waals surface area contributed by atoms with E-state index >= 15 is 0 Å². The van der Waals surface area contributed by atoms with Gasteiger partial charge in [0, 0.05) is 6.42 Å². The molecule has 27 heavy (non-hydrogen) atoms. The standard InChI is InChI=1S/C20H26N2O5/c1-3-26-17(23)13-7-5-6-10-14(20(25)27-4-2)18-19(24)22-16-12-9-8-11-15(16)21-18/h8-9,11-12,14H,3-7,10,13H2,1-2H3,(H,22,24). The molecule has 0 radical (unpaired) electrons. The van der Waals surface area contributed by atoms with Crippen molar-refractivity contribution in [3.05, 3.63) is 40.3 Å². The largest absolute Gasteiger partial charge is 0.466 e. The van der Waals surface area contributed by atoms with Gasteiger partial charge in [0.05, 0.1) is 24.2 Å². The summed E-state index contributed by atoms with van der Waals surface area (Å²) in [4.78, 5) is 43.4. The molecule has 7 heteroatoms. The highest BCUT2D eigenvalue weighted by Crippen LogP contribution is 2.22. The van der Waals surface area contributed by atoms with E-state index in [-0.39, 0.29) is 23.8 Å². The smallest absolute Gasteiger partial charge is 0.315 e. The van der Waals surface area contributed by atoms with Gasteiger partial charge >= 0.3 is 11.9 Å². The summed E-state index contributed by atoms with van der Waals surface area (Å²) in [5.74, 6) is -1.39. The van der Waals surface area contributed by atoms with Crippen LogP contribution in [0.2, 0.25) is 0 Å². The third kappa shape index (κ3) is 5.91. The molecule has 0 aliphatic carbocycles. The molecule has 2 aromatic rings. The van der Waals surface area contributed by atoms with Gasteiger partial charge in [-0.1, -0.05) is 25.0 Å². The Balaban J connectivity index is 2.08. The molecule has 0 aliphatic heterocycles. The van der Waals surface area contributed by atoms with E-state index < -0.39 is 11.9 Å². The van der Waals surface area contributed by atoms with Gasteiger partial charge in [-0.15, -0.1) is 0 Å². The molecule has 0 fully saturated rings. The van der Waals surface area contributed by atoms with Crippen LogP contribution in [-0.4, -0.2) is 35.1 Å². The van der Waals surface area contributed by atoms with Crippen LogP contribution in [0.3, 0.4) is 0 Å². The first-order valence-corrected chi connectivity index (χ1v) is 9.38. The SMILES string of the molecule is CCOC(=O)CCCCCC(C(=O)OCC)c1nc2ccccc2[nH]c1=O. The van der Waals surface area contributed by atoms with Crippen LogP contribution in [-0.2, 0) is 19.1 Å². The molecule has 1 unspecified atom stereocenters. The number of nitrogens with one attached hydrogen (secondary N) is 1. The molecule has 1 heterocycles. The Morgan fingerprint density at radius 2 is 1.81 bits per heavy atom. The first kappa shape index (κ1) is 20.6. The average molecular weight is 374 g/mol. The van der Waals surface area contributed by atoms with E-state index in [1.54, 1.807) is 26.0 Å². The molecule has 0 bridgehead atoms. The number of aromatic amines is 1. The lowest BCUT2D eigenvalue weighted by Crippen LogP contribution is -2.25. The molecular weight excluding hydrogens is 348 g/mol. The Kier molecular flexibility index (Phi) is 7.98. The van der Waals surface area contributed by atoms with Gasteiger partial charge in [0.15, 0.2) is 0 Å². The Hall–Kier alpha value is -2.70. The van der Waals surface area contributed by atoms with E-state index in [9.17, 15) is 14.4 Å². The summed E-state index contributed by atoms with van der Waals surface area (Å²) in [5.41, 5.74) is 1.06. The van der Waals surface area contributed by atoms with Gasteiger partial charge in [-0.25, -0.2) is 4.98 Å². The molecule has 0 saturated carbocycles. The molecule has 146 valence electrons. The second-order valence-corrected chi connectivity index (χ2v) is 6.18. The van der Waals surface area contributed by atoms with Crippen molar-refractivity contribution in [1.29, 1.82) is 0 Å². The quantitative estimate of drug-likeness (QED) is 0.507. The Morgan fingerprint density at radius 3 is 2.56 bits per heavy atom. The fraction of sp³-hybridized carbons (Fsp3) is 0.500. The number of hydrogen-bond donors (Lipinski definition) is 1. The lowest BCUT2D eigenvalue weighted by atomic mass is 9.97. The van der Waals surface area contributed by atoms with Crippen LogP contribution in [0.4, 0.5) is 0 Å². The zero-order chi connectivity index (χ0) is 19.6. The third-order valence-electron chi connectivity index (χ3n) is 4.21. The summed E-state index contributed by atoms with van der Waals surface area (Å²) >= 11 is 0. The van der Waals surface area contributed by atoms with Crippen molar-refractivity contribution in [2.75, 3.05) is 13.2 Å². The van der Waals surface area contributed by atoms with E-state index in [1.807, 2.05) is 12.1 Å². The van der Waals surface area contributed by atoms with Crippen molar-refractivity contribution in [2.24, 2.45) is 0 Å². The predicted molar refractivity (Wildman–Crippen MR) is 101 cm³/mol. The van der Waals surface area contributed by atoms with E-state index in [1.165, 1.54) is 0 Å². The first-order valence-electron chi connectivity index (χ1n) is 9.38. The minimum absolute atomic E-state index is 0.178. The number of unbranched alkanes of at least 4 members (excludes halogenated alkanes) is 2. The summed E-state index contributed by atoms with van der Waals surface area (Å²) in [6.45, 7) is 4.12. The number of ether oxygens (including phenoxy) is 2. The van der Waals surface area contributed by atoms with Gasteiger partial charge in [0.25, 0.3) is 5.56 Å². The molecule has 1 aromatic carbocycles. The lowest BCUT2D eigenvalue weighted by molar-refractivity contribution is -0.145. The number of carbonyl (C=O) groups excluding carboxylic acids is 2. The number of rotatable bonds is 10. The third-order valence-corrected chi connectivity index (χ3v) is 4.21. The second kappa shape index (κ2) is 10.4. The zero-order valence-corrected chi connectivity index (χ0v) is 15.8. The van der Waals surface area contributed by atoms with Crippen LogP contribution in [0.1, 0.15) is 57.6 Å². The number of para-hydroxylation sites is 2. The Labute approximate surface area is 158 Å². The maximum Gasteiger partial charge on any atom is 0.315 e. The minimum atomic E-state index is -0.721. The molecule has 0 aliphatic rings. The Bertz CT molecular complexity index is 830. The van der Waals surface area contributed by atoms with E-state index in [0.717, 1.165) is 6.42 Å². The highest BCUT2D eigenvalue weighted by molar-refractivity contribution is 5.79. The second-order valence-electron chi connectivity index (χ2n) is 6.18. The normalized spacial score (nSPS) is 11.9. The van der Waals surface area contributed by atoms with Gasteiger partial charge in [0.1, 0.15) is 11.6 Å². The van der Waals surface area contributed by atoms with Crippen molar-refractivity contribution in [3.63, 3.8) is 0 Å². The molecule has 1 aromatic heterocycles. The van der Waals surface area contributed by atoms with Gasteiger partial charge in [-0.05, 0) is 38.8 Å². The number of esters is 2. The van der Waals surface area contributed by atoms with Crippen LogP contribution < -0.4 is 5.56 Å². The fourth-order valence-corrected chi connectivity index (χ4v) is 2.92. The van der Waals surface area contributed by atoms with Crippen molar-refractivity contribution < 1.29 is 19.1 Å². The monoisotopic (exact) mass is 374 g/mol. The maximum atomic E-state index is 12.4. The highest BCUT2D eigenvalue weighted by atomic mass is 16.5. The number of fused-ring (bicyclic) bond motifs is 1. The summed E-state index contributed by atoms with van der Waals surface area (Å²) in [5, 5.41) is 0. The maximum absolute atomic E-state index is 12.4. The van der Waals surface area contributed by atoms with Crippen LogP contribution >= 0.6 is 0 Å². The van der Waals surface area contributed by atoms with E-state index in [2.05, 4.69) is 9.97 Å². The number of H-pyrrole nitrogens is 1. The van der Waals surface area contributed by atoms with E-state index in [0.29, 0.717) is 43.3 Å². The van der Waals surface area contributed by atoms with Gasteiger partial charge < -0.3 is 14.5 Å². The van der Waals surface area contributed by atoms with Gasteiger partial charge in [-0.2, -0.15) is 0 Å². The summed E-state index contributed by atoms with van der Waals surface area (Å²) in [6.07, 6.45) is 2.90. The van der Waals surface area contributed by atoms with Crippen molar-refractivity contribution >= 4 is 23.0 Å². The molecule has 7 nitrogen and oxygen atoms in total. The van der Waals surface area contributed by atoms with E-state index in [4.69, 9.17) is 9.47 Å². The summed E-state index contributed by atoms with van der Waals surface area (Å²) in [6, 6.07) is 7.19. The molecule has 1 atom stereocenters. The first-order chi connectivity index (χ1) is 13.1. The van der Waals surface area contributed by atoms with Crippen molar-refractivity contribution in [2.45, 2.75) is 51.9 Å². The van der Waals surface area contributed by atoms with Crippen LogP contribution in [0.15, 0.2) is 29.1 Å². The molecule has 0 saturated heterocycles. The number of aromatic nitrogens is 2. The minimum Gasteiger partial charge on any atom is -0.466 e. The Morgan fingerprint density at radius 1 is 1.07 bits per heavy atom. The van der Waals surface area contributed by atoms with Gasteiger partial charge in [-0.3, -0.25) is 14.4 Å². The number of nitrogens with zero attached hydrogens (tertiary/aromatic N) is 1. The van der Waals surface area contributed by atoms with Crippen molar-refractivity contribution in [3.8, 4) is 0 Å². The fourth-order valence-electron chi connectivity index (χ4n) is 2.92. The number of hydrogen-bond acceptors (Lipinski definition) is 6. The van der Waals surface area contributed by atoms with Crippen molar-refractivity contribution in [1.82, 2.24) is 9.97 Å². The molecule has 2 rings (SSSR count). The summed E-state index contributed by atoms with van der Waals surface area (Å²) in [7, 11) is 0. The molecule has 0 spiro atoms. The van der Waals surface area contributed by atoms with Crippen LogP contribution in [0, 0.1) is 0 Å². The molecule has 0 amide bonds. The number of benzene rings is 1. The number of carbonyl (C=O) groups is 2. The molecule has 1 N–H and O–H groups in total.